The lowest BCUT2D eigenvalue weighted by molar-refractivity contribution is 0.152. The highest BCUT2D eigenvalue weighted by Crippen LogP contribution is 2.45. The summed E-state index contributed by atoms with van der Waals surface area (Å²) in [6.45, 7) is 4.12. The van der Waals surface area contributed by atoms with E-state index in [4.69, 9.17) is 10.5 Å². The van der Waals surface area contributed by atoms with Gasteiger partial charge in [-0.15, -0.1) is 0 Å². The fraction of sp³-hybridized carbons (Fsp3) is 0.235. The first-order valence-electron chi connectivity index (χ1n) is 7.07. The molecule has 114 valence electrons. The first-order chi connectivity index (χ1) is 10.5. The first-order valence-corrected chi connectivity index (χ1v) is 7.07. The minimum Gasteiger partial charge on any atom is -0.493 e. The molecule has 2 aromatic carbocycles. The topological polar surface area (TPSA) is 67.8 Å². The molecule has 0 unspecified atom stereocenters. The van der Waals surface area contributed by atoms with Crippen LogP contribution in [0.5, 0.6) is 5.75 Å². The van der Waals surface area contributed by atoms with Gasteiger partial charge in [-0.2, -0.15) is 0 Å². The zero-order valence-corrected chi connectivity index (χ0v) is 12.4. The number of halogens is 1. The van der Waals surface area contributed by atoms with Crippen molar-refractivity contribution in [3.8, 4) is 5.75 Å². The van der Waals surface area contributed by atoms with Gasteiger partial charge < -0.3 is 15.6 Å². The number of benzene rings is 2. The van der Waals surface area contributed by atoms with Gasteiger partial charge in [0.1, 0.15) is 17.4 Å². The molecule has 1 atom stereocenters. The van der Waals surface area contributed by atoms with Crippen LogP contribution in [0, 0.1) is 12.7 Å². The molecule has 1 heterocycles. The molecule has 0 aromatic heterocycles. The maximum Gasteiger partial charge on any atom is 0.178 e. The van der Waals surface area contributed by atoms with Crippen molar-refractivity contribution in [2.45, 2.75) is 19.4 Å². The van der Waals surface area contributed by atoms with Crippen LogP contribution in [0.2, 0.25) is 0 Å². The number of fused-ring (bicyclic) bond motifs is 1. The Morgan fingerprint density at radius 3 is 2.73 bits per heavy atom. The van der Waals surface area contributed by atoms with Crippen molar-refractivity contribution in [1.29, 1.82) is 0 Å². The van der Waals surface area contributed by atoms with Crippen LogP contribution < -0.4 is 10.5 Å². The van der Waals surface area contributed by atoms with E-state index in [-0.39, 0.29) is 11.4 Å². The average molecular weight is 300 g/mol. The Kier molecular flexibility index (Phi) is 3.37. The summed E-state index contributed by atoms with van der Waals surface area (Å²) in [5.74, 6) is -0.0701. The van der Waals surface area contributed by atoms with Crippen LogP contribution in [-0.4, -0.2) is 17.5 Å². The highest BCUT2D eigenvalue weighted by atomic mass is 19.1. The molecule has 5 heteroatoms. The number of rotatable bonds is 3. The summed E-state index contributed by atoms with van der Waals surface area (Å²) in [4.78, 5) is 4.22. The summed E-state index contributed by atoms with van der Waals surface area (Å²) in [7, 11) is 0. The Morgan fingerprint density at radius 2 is 2.00 bits per heavy atom. The molecule has 0 radical (unpaired) electrons. The first kappa shape index (κ1) is 14.5. The fourth-order valence-corrected chi connectivity index (χ4v) is 2.74. The smallest absolute Gasteiger partial charge is 0.178 e. The molecule has 3 N–H and O–H groups in total. The van der Waals surface area contributed by atoms with Crippen LogP contribution >= 0.6 is 0 Å². The zero-order chi connectivity index (χ0) is 15.9. The predicted octanol–water partition coefficient (Wildman–Crippen LogP) is 2.77. The molecular weight excluding hydrogens is 283 g/mol. The van der Waals surface area contributed by atoms with Crippen LogP contribution in [0.4, 0.5) is 10.1 Å². The number of ether oxygens (including phenoxy) is 1. The van der Waals surface area contributed by atoms with Crippen molar-refractivity contribution in [3.05, 3.63) is 58.9 Å². The van der Waals surface area contributed by atoms with E-state index in [2.05, 4.69) is 4.99 Å². The number of nitrogens with two attached hydrogens (primary N) is 1. The number of aliphatic hydroxyl groups is 1. The normalized spacial score (nSPS) is 19.7. The molecule has 22 heavy (non-hydrogen) atoms. The highest BCUT2D eigenvalue weighted by molar-refractivity contribution is 6.01. The lowest BCUT2D eigenvalue weighted by Gasteiger charge is -2.27. The van der Waals surface area contributed by atoms with Crippen molar-refractivity contribution in [3.63, 3.8) is 0 Å². The monoisotopic (exact) mass is 300 g/mol. The van der Waals surface area contributed by atoms with Crippen molar-refractivity contribution in [2.75, 3.05) is 6.61 Å². The van der Waals surface area contributed by atoms with Crippen LogP contribution in [0.15, 0.2) is 41.4 Å². The molecule has 0 saturated heterocycles. The third kappa shape index (κ3) is 2.05. The third-order valence-corrected chi connectivity index (χ3v) is 3.78. The van der Waals surface area contributed by atoms with Gasteiger partial charge in [-0.25, -0.2) is 9.38 Å². The molecule has 0 fully saturated rings. The minimum absolute atomic E-state index is 0.0136. The van der Waals surface area contributed by atoms with Crippen molar-refractivity contribution >= 4 is 11.5 Å². The van der Waals surface area contributed by atoms with Crippen molar-refractivity contribution < 1.29 is 14.2 Å². The maximum absolute atomic E-state index is 13.7. The number of amidine groups is 1. The molecule has 1 aliphatic rings. The van der Waals surface area contributed by atoms with Crippen LogP contribution in [-0.2, 0) is 5.60 Å². The number of nitrogens with zero attached hydrogens (tertiary/aromatic N) is 1. The minimum atomic E-state index is -1.69. The molecule has 1 aliphatic heterocycles. The van der Waals surface area contributed by atoms with Gasteiger partial charge in [-0.3, -0.25) is 0 Å². The van der Waals surface area contributed by atoms with E-state index in [9.17, 15) is 9.50 Å². The Hall–Kier alpha value is -2.40. The van der Waals surface area contributed by atoms with Gasteiger partial charge in [0.05, 0.1) is 12.3 Å². The van der Waals surface area contributed by atoms with Gasteiger partial charge in [-0.1, -0.05) is 17.7 Å². The van der Waals surface area contributed by atoms with E-state index in [1.807, 2.05) is 19.9 Å². The van der Waals surface area contributed by atoms with Crippen molar-refractivity contribution in [2.24, 2.45) is 10.7 Å². The van der Waals surface area contributed by atoms with Crippen molar-refractivity contribution in [1.82, 2.24) is 0 Å². The molecule has 0 spiro atoms. The van der Waals surface area contributed by atoms with Crippen LogP contribution in [0.3, 0.4) is 0 Å². The van der Waals surface area contributed by atoms with E-state index in [1.165, 1.54) is 18.2 Å². The van der Waals surface area contributed by atoms with E-state index in [0.29, 0.717) is 23.6 Å². The molecule has 0 amide bonds. The molecule has 0 bridgehead atoms. The van der Waals surface area contributed by atoms with E-state index < -0.39 is 11.4 Å². The number of aryl methyl sites for hydroxylation is 1. The Morgan fingerprint density at radius 1 is 1.23 bits per heavy atom. The second-order valence-corrected chi connectivity index (χ2v) is 5.30. The standard InChI is InChI=1S/C17H17FN2O2/c1-3-22-15-7-5-11(18)9-13(15)17(21)12-8-10(2)4-6-14(12)20-16(17)19/h4-9,21H,3H2,1-2H3,(H2,19,20)/t17-/m1/s1. The largest absolute Gasteiger partial charge is 0.493 e. The molecule has 2 aromatic rings. The Balaban J connectivity index is 2.26. The molecule has 0 saturated carbocycles. The quantitative estimate of drug-likeness (QED) is 0.916. The predicted molar refractivity (Wildman–Crippen MR) is 83.0 cm³/mol. The lowest BCUT2D eigenvalue weighted by Crippen LogP contribution is -2.40. The van der Waals surface area contributed by atoms with Crippen LogP contribution in [0.25, 0.3) is 0 Å². The lowest BCUT2D eigenvalue weighted by atomic mass is 9.85. The maximum atomic E-state index is 13.7. The Bertz CT molecular complexity index is 773. The van der Waals surface area contributed by atoms with Gasteiger partial charge in [-0.05, 0) is 38.1 Å². The molecule has 3 rings (SSSR count). The Labute approximate surface area is 128 Å². The SMILES string of the molecule is CCOc1ccc(F)cc1[C@@]1(O)C(N)=Nc2ccc(C)cc21. The van der Waals surface area contributed by atoms with E-state index >= 15 is 0 Å². The second kappa shape index (κ2) is 5.10. The number of hydrogen-bond acceptors (Lipinski definition) is 4. The van der Waals surface area contributed by atoms with Gasteiger partial charge in [0.25, 0.3) is 0 Å². The summed E-state index contributed by atoms with van der Waals surface area (Å²) in [6, 6.07) is 9.50. The van der Waals surface area contributed by atoms with E-state index in [1.54, 1.807) is 12.1 Å². The summed E-state index contributed by atoms with van der Waals surface area (Å²) in [5.41, 5.74) is 6.63. The number of hydrogen-bond donors (Lipinski definition) is 2. The fourth-order valence-electron chi connectivity index (χ4n) is 2.74. The summed E-state index contributed by atoms with van der Waals surface area (Å²) < 4.78 is 19.3. The summed E-state index contributed by atoms with van der Waals surface area (Å²) in [6.07, 6.45) is 0. The van der Waals surface area contributed by atoms with Gasteiger partial charge >= 0.3 is 0 Å². The highest BCUT2D eigenvalue weighted by Gasteiger charge is 2.44. The van der Waals surface area contributed by atoms with Gasteiger partial charge in [0, 0.05) is 11.1 Å². The number of aliphatic imine (C=N–C) groups is 1. The second-order valence-electron chi connectivity index (χ2n) is 5.30. The van der Waals surface area contributed by atoms with Crippen LogP contribution in [0.1, 0.15) is 23.6 Å². The van der Waals surface area contributed by atoms with Gasteiger partial charge in [0.15, 0.2) is 5.60 Å². The average Bonchev–Trinajstić information content (AvgIpc) is 2.74. The third-order valence-electron chi connectivity index (χ3n) is 3.78. The molecular formula is C17H17FN2O2. The van der Waals surface area contributed by atoms with Gasteiger partial charge in [0.2, 0.25) is 0 Å². The summed E-state index contributed by atoms with van der Waals surface area (Å²) >= 11 is 0. The molecule has 4 nitrogen and oxygen atoms in total. The molecule has 0 aliphatic carbocycles. The summed E-state index contributed by atoms with van der Waals surface area (Å²) in [5, 5.41) is 11.2. The van der Waals surface area contributed by atoms with E-state index in [0.717, 1.165) is 5.56 Å². The zero-order valence-electron chi connectivity index (χ0n) is 12.4.